The van der Waals surface area contributed by atoms with E-state index in [0.717, 1.165) is 12.4 Å². The number of carboxylic acid groups (broad SMARTS) is 1. The lowest BCUT2D eigenvalue weighted by molar-refractivity contribution is -0.139. The summed E-state index contributed by atoms with van der Waals surface area (Å²) in [6, 6.07) is 7.86. The Morgan fingerprint density at radius 1 is 1.20 bits per heavy atom. The van der Waals surface area contributed by atoms with Gasteiger partial charge >= 0.3 is 12.1 Å². The van der Waals surface area contributed by atoms with Gasteiger partial charge in [-0.1, -0.05) is 41.4 Å². The summed E-state index contributed by atoms with van der Waals surface area (Å²) in [4.78, 5) is 15.0. The fourth-order valence-electron chi connectivity index (χ4n) is 2.66. The molecule has 2 rings (SSSR count). The van der Waals surface area contributed by atoms with E-state index < -0.39 is 18.1 Å². The molecule has 0 aromatic heterocycles. The molecule has 0 heterocycles. The van der Waals surface area contributed by atoms with Gasteiger partial charge in [-0.05, 0) is 48.2 Å². The number of aromatic carboxylic acids is 1. The maximum Gasteiger partial charge on any atom is 0.399 e. The molecule has 0 amide bonds. The minimum absolute atomic E-state index is 0.0790. The highest BCUT2D eigenvalue weighted by Gasteiger charge is 2.39. The molecular formula is C20H16Cl2F3N3O2. The molecule has 5 nitrogen and oxygen atoms in total. The first kappa shape index (κ1) is 23.4. The largest absolute Gasteiger partial charge is 0.478 e. The van der Waals surface area contributed by atoms with Gasteiger partial charge in [-0.25, -0.2) is 4.79 Å². The average molecular weight is 458 g/mol. The van der Waals surface area contributed by atoms with E-state index in [9.17, 15) is 23.1 Å². The van der Waals surface area contributed by atoms with Crippen LogP contribution < -0.4 is 5.01 Å². The van der Waals surface area contributed by atoms with Crippen LogP contribution in [0.5, 0.6) is 0 Å². The quantitative estimate of drug-likeness (QED) is 0.308. The topological polar surface area (TPSA) is 65.3 Å². The van der Waals surface area contributed by atoms with E-state index in [4.69, 9.17) is 23.2 Å². The van der Waals surface area contributed by atoms with Crippen molar-refractivity contribution in [2.24, 2.45) is 10.1 Å². The Labute approximate surface area is 180 Å². The first-order valence-corrected chi connectivity index (χ1v) is 9.08. The summed E-state index contributed by atoms with van der Waals surface area (Å²) < 4.78 is 40.8. The Morgan fingerprint density at radius 2 is 1.83 bits per heavy atom. The van der Waals surface area contributed by atoms with Crippen LogP contribution in [-0.4, -0.2) is 37.4 Å². The Kier molecular flexibility index (Phi) is 7.64. The van der Waals surface area contributed by atoms with Gasteiger partial charge in [0.2, 0.25) is 0 Å². The van der Waals surface area contributed by atoms with Crippen molar-refractivity contribution in [2.75, 3.05) is 12.1 Å². The third-order valence-corrected chi connectivity index (χ3v) is 4.42. The second-order valence-electron chi connectivity index (χ2n) is 6.10. The molecule has 0 bridgehead atoms. The predicted octanol–water partition coefficient (Wildman–Crippen LogP) is 6.13. The van der Waals surface area contributed by atoms with Crippen LogP contribution in [0.3, 0.4) is 0 Å². The summed E-state index contributed by atoms with van der Waals surface area (Å²) in [5, 5.41) is 14.8. The lowest BCUT2D eigenvalue weighted by Crippen LogP contribution is -2.19. The summed E-state index contributed by atoms with van der Waals surface area (Å²) in [6.45, 7) is 3.23. The van der Waals surface area contributed by atoms with E-state index in [1.807, 2.05) is 0 Å². The number of hydrogen-bond donors (Lipinski definition) is 1. The van der Waals surface area contributed by atoms with Gasteiger partial charge in [0.25, 0.3) is 0 Å². The van der Waals surface area contributed by atoms with Gasteiger partial charge in [-0.15, -0.1) is 0 Å². The molecule has 0 aliphatic heterocycles. The number of halogens is 5. The number of benzene rings is 2. The van der Waals surface area contributed by atoms with Gasteiger partial charge in [-0.3, -0.25) is 10.0 Å². The second-order valence-corrected chi connectivity index (χ2v) is 6.97. The van der Waals surface area contributed by atoms with Crippen LogP contribution >= 0.6 is 23.2 Å². The summed E-state index contributed by atoms with van der Waals surface area (Å²) in [5.41, 5.74) is 0.221. The summed E-state index contributed by atoms with van der Waals surface area (Å²) >= 11 is 11.7. The lowest BCUT2D eigenvalue weighted by atomic mass is 9.96. The Morgan fingerprint density at radius 3 is 2.37 bits per heavy atom. The highest BCUT2D eigenvalue weighted by atomic mass is 35.5. The lowest BCUT2D eigenvalue weighted by Gasteiger charge is -2.18. The molecule has 1 unspecified atom stereocenters. The number of hydrogen-bond acceptors (Lipinski definition) is 3. The van der Waals surface area contributed by atoms with Crippen LogP contribution in [0.1, 0.15) is 27.4 Å². The zero-order valence-corrected chi connectivity index (χ0v) is 17.1. The smallest absolute Gasteiger partial charge is 0.399 e. The molecule has 2 aromatic rings. The zero-order valence-electron chi connectivity index (χ0n) is 15.6. The molecule has 0 spiro atoms. The normalized spacial score (nSPS) is 13.0. The molecule has 1 atom stereocenters. The number of alkyl halides is 3. The number of anilines is 1. The molecule has 30 heavy (non-hydrogen) atoms. The fraction of sp³-hybridized carbons (Fsp3) is 0.150. The predicted molar refractivity (Wildman–Crippen MR) is 114 cm³/mol. The first-order chi connectivity index (χ1) is 14.0. The van der Waals surface area contributed by atoms with Crippen molar-refractivity contribution in [2.45, 2.75) is 12.1 Å². The molecule has 0 fully saturated rings. The van der Waals surface area contributed by atoms with Gasteiger partial charge in [0.05, 0.1) is 17.2 Å². The molecule has 10 heteroatoms. The number of rotatable bonds is 7. The average Bonchev–Trinajstić information content (AvgIpc) is 2.64. The molecule has 158 valence electrons. The Hall–Kier alpha value is -2.84. The van der Waals surface area contributed by atoms with Crippen molar-refractivity contribution in [1.29, 1.82) is 0 Å². The Bertz CT molecular complexity index is 987. The highest BCUT2D eigenvalue weighted by Crippen LogP contribution is 2.38. The van der Waals surface area contributed by atoms with E-state index in [-0.39, 0.29) is 32.4 Å². The number of hydrazone groups is 1. The molecule has 0 saturated heterocycles. The number of aliphatic imine (C=N–C) groups is 1. The standard InChI is InChI=1S/C20H16Cl2F3N3O2/c1-26-11-27-28(2)18-6-4-12(7-16(18)19(29)30)3-5-17(20(23,24)25)13-8-14(21)10-15(22)9-13/h3-11,17H,1H2,2H3,(H,29,30)/b5-3+,27-11-. The van der Waals surface area contributed by atoms with E-state index >= 15 is 0 Å². The zero-order chi connectivity index (χ0) is 22.5. The molecule has 0 aliphatic carbocycles. The van der Waals surface area contributed by atoms with E-state index in [0.29, 0.717) is 0 Å². The van der Waals surface area contributed by atoms with Gasteiger partial charge < -0.3 is 5.11 Å². The molecular weight excluding hydrogens is 442 g/mol. The van der Waals surface area contributed by atoms with Crippen molar-refractivity contribution in [1.82, 2.24) is 0 Å². The molecule has 0 saturated carbocycles. The minimum atomic E-state index is -4.60. The van der Waals surface area contributed by atoms with Crippen molar-refractivity contribution < 1.29 is 23.1 Å². The summed E-state index contributed by atoms with van der Waals surface area (Å²) in [5.74, 6) is -3.24. The van der Waals surface area contributed by atoms with Gasteiger partial charge in [0.1, 0.15) is 6.34 Å². The maximum atomic E-state index is 13.6. The number of carbonyl (C=O) groups is 1. The van der Waals surface area contributed by atoms with E-state index in [1.165, 1.54) is 54.5 Å². The van der Waals surface area contributed by atoms with Gasteiger partial charge in [0, 0.05) is 17.1 Å². The number of carboxylic acids is 1. The molecule has 0 aliphatic rings. The summed E-state index contributed by atoms with van der Waals surface area (Å²) in [7, 11) is 1.50. The van der Waals surface area contributed by atoms with Crippen LogP contribution in [0.15, 0.2) is 52.6 Å². The number of nitrogens with zero attached hydrogens (tertiary/aromatic N) is 3. The Balaban J connectivity index is 2.45. The molecule has 0 radical (unpaired) electrons. The minimum Gasteiger partial charge on any atom is -0.478 e. The third kappa shape index (κ3) is 6.08. The molecule has 1 N–H and O–H groups in total. The fourth-order valence-corrected chi connectivity index (χ4v) is 3.20. The van der Waals surface area contributed by atoms with E-state index in [1.54, 1.807) is 0 Å². The van der Waals surface area contributed by atoms with Crippen LogP contribution in [-0.2, 0) is 0 Å². The van der Waals surface area contributed by atoms with Crippen molar-refractivity contribution in [3.05, 3.63) is 69.2 Å². The van der Waals surface area contributed by atoms with Crippen molar-refractivity contribution in [3.63, 3.8) is 0 Å². The molecule has 2 aromatic carbocycles. The third-order valence-electron chi connectivity index (χ3n) is 3.98. The highest BCUT2D eigenvalue weighted by molar-refractivity contribution is 6.34. The van der Waals surface area contributed by atoms with Gasteiger partial charge in [-0.2, -0.15) is 18.3 Å². The summed E-state index contributed by atoms with van der Waals surface area (Å²) in [6.07, 6.45) is -1.36. The monoisotopic (exact) mass is 457 g/mol. The van der Waals surface area contributed by atoms with Crippen molar-refractivity contribution in [3.8, 4) is 0 Å². The van der Waals surface area contributed by atoms with Crippen LogP contribution in [0.4, 0.5) is 18.9 Å². The second kappa shape index (κ2) is 9.77. The van der Waals surface area contributed by atoms with Crippen LogP contribution in [0, 0.1) is 0 Å². The van der Waals surface area contributed by atoms with Crippen LogP contribution in [0.2, 0.25) is 10.0 Å². The number of allylic oxidation sites excluding steroid dienone is 1. The van der Waals surface area contributed by atoms with Crippen molar-refractivity contribution >= 4 is 54.0 Å². The first-order valence-electron chi connectivity index (χ1n) is 8.33. The SMILES string of the molecule is C=N/C=N\N(C)c1ccc(/C=C/C(c2cc(Cl)cc(Cl)c2)C(F)(F)F)cc1C(=O)O. The maximum absolute atomic E-state index is 13.6. The van der Waals surface area contributed by atoms with E-state index in [2.05, 4.69) is 16.8 Å². The van der Waals surface area contributed by atoms with Gasteiger partial charge in [0.15, 0.2) is 0 Å². The van der Waals surface area contributed by atoms with Crippen LogP contribution in [0.25, 0.3) is 6.08 Å².